The first-order valence-corrected chi connectivity index (χ1v) is 15.1. The third kappa shape index (κ3) is 8.03. The highest BCUT2D eigenvalue weighted by atomic mass is 16.5. The number of carboxylic acids is 1. The van der Waals surface area contributed by atoms with Crippen LogP contribution in [0.15, 0.2) is 102 Å². The third-order valence-corrected chi connectivity index (χ3v) is 8.21. The summed E-state index contributed by atoms with van der Waals surface area (Å²) >= 11 is 0. The van der Waals surface area contributed by atoms with Gasteiger partial charge in [-0.15, -0.1) is 0 Å². The summed E-state index contributed by atoms with van der Waals surface area (Å²) in [5.74, 6) is 1.18. The number of hydrogen-bond donors (Lipinski definition) is 2. The molecule has 1 aliphatic carbocycles. The van der Waals surface area contributed by atoms with Crippen LogP contribution in [-0.2, 0) is 4.79 Å². The fraction of sp³-hybridized carbons (Fsp3) is 0.371. The van der Waals surface area contributed by atoms with Gasteiger partial charge in [-0.05, 0) is 87.7 Å². The van der Waals surface area contributed by atoms with Crippen LogP contribution >= 0.6 is 0 Å². The number of likely N-dealkylation sites (N-methyl/N-ethyl adjacent to an activating group) is 1. The van der Waals surface area contributed by atoms with Crippen molar-refractivity contribution in [1.82, 2.24) is 15.1 Å². The number of para-hydroxylation sites is 2. The van der Waals surface area contributed by atoms with E-state index in [2.05, 4.69) is 35.2 Å². The number of amides is 1. The average Bonchev–Trinajstić information content (AvgIpc) is 3.37. The molecular weight excluding hydrogens is 542 g/mol. The Labute approximate surface area is 254 Å². The molecule has 3 unspecified atom stereocenters. The first-order valence-electron chi connectivity index (χ1n) is 15.1. The molecule has 0 saturated carbocycles. The maximum Gasteiger partial charge on any atom is 0.339 e. The van der Waals surface area contributed by atoms with E-state index in [0.717, 1.165) is 43.9 Å². The van der Waals surface area contributed by atoms with Gasteiger partial charge >= 0.3 is 5.97 Å². The molecule has 2 aliphatic heterocycles. The molecule has 2 N–H and O–H groups in total. The Bertz CT molecular complexity index is 1410. The highest BCUT2D eigenvalue weighted by Gasteiger charge is 2.32. The lowest BCUT2D eigenvalue weighted by molar-refractivity contribution is -0.117. The summed E-state index contributed by atoms with van der Waals surface area (Å²) in [4.78, 5) is 29.7. The van der Waals surface area contributed by atoms with Gasteiger partial charge in [0.1, 0.15) is 22.8 Å². The minimum absolute atomic E-state index is 0.101. The van der Waals surface area contributed by atoms with Crippen molar-refractivity contribution in [2.45, 2.75) is 44.8 Å². The molecule has 0 radical (unpaired) electrons. The number of nitrogens with zero attached hydrogens (tertiary/aromatic N) is 2. The maximum absolute atomic E-state index is 13.3. The van der Waals surface area contributed by atoms with Crippen molar-refractivity contribution in [3.63, 3.8) is 0 Å². The molecule has 226 valence electrons. The SMILES string of the molecule is CC1=CC(NC(=O)C2=CC=CCC(Oc3ccccc3)=C2)CN(C)C1N1CCCC(COc2ccccc2C(=O)O)CC1. The highest BCUT2D eigenvalue weighted by Crippen LogP contribution is 2.27. The molecule has 8 nitrogen and oxygen atoms in total. The Hall–Kier alpha value is -4.14. The monoisotopic (exact) mass is 583 g/mol. The second kappa shape index (κ2) is 14.4. The number of ether oxygens (including phenoxy) is 2. The maximum atomic E-state index is 13.3. The minimum atomic E-state index is -0.971. The summed E-state index contributed by atoms with van der Waals surface area (Å²) in [6, 6.07) is 16.3. The first-order chi connectivity index (χ1) is 20.9. The fourth-order valence-electron chi connectivity index (χ4n) is 6.18. The van der Waals surface area contributed by atoms with Gasteiger partial charge in [-0.1, -0.05) is 48.6 Å². The van der Waals surface area contributed by atoms with Crippen LogP contribution in [-0.4, -0.2) is 72.3 Å². The van der Waals surface area contributed by atoms with Crippen molar-refractivity contribution in [3.05, 3.63) is 107 Å². The standard InChI is InChI=1S/C35H41N3O5/c1-25-21-28(36-33(39)27-12-6-7-15-30(22-27)43-29-13-4-3-5-14-29)23-37(2)34(25)38-19-10-11-26(18-20-38)24-42-32-17-9-8-16-31(32)35(40)41/h3-9,12-14,16-17,21-22,26,28,34H,10-11,15,18-20,23-24H2,1-2H3,(H,36,39)(H,40,41). The van der Waals surface area contributed by atoms with Gasteiger partial charge in [-0.2, -0.15) is 0 Å². The van der Waals surface area contributed by atoms with E-state index in [0.29, 0.717) is 36.8 Å². The molecule has 1 saturated heterocycles. The van der Waals surface area contributed by atoms with E-state index < -0.39 is 5.97 Å². The van der Waals surface area contributed by atoms with Gasteiger partial charge in [0.25, 0.3) is 5.91 Å². The molecule has 5 rings (SSSR count). The van der Waals surface area contributed by atoms with Gasteiger partial charge < -0.3 is 19.9 Å². The van der Waals surface area contributed by atoms with E-state index in [1.165, 1.54) is 5.57 Å². The number of aromatic carboxylic acids is 1. The summed E-state index contributed by atoms with van der Waals surface area (Å²) < 4.78 is 12.0. The van der Waals surface area contributed by atoms with Gasteiger partial charge in [0, 0.05) is 25.1 Å². The zero-order chi connectivity index (χ0) is 30.2. The molecule has 0 aromatic heterocycles. The van der Waals surface area contributed by atoms with Crippen molar-refractivity contribution in [2.75, 3.05) is 33.3 Å². The first kappa shape index (κ1) is 30.3. The lowest BCUT2D eigenvalue weighted by Crippen LogP contribution is -2.55. The lowest BCUT2D eigenvalue weighted by Gasteiger charge is -2.42. The second-order valence-corrected chi connectivity index (χ2v) is 11.5. The Morgan fingerprint density at radius 3 is 2.63 bits per heavy atom. The molecule has 0 bridgehead atoms. The van der Waals surface area contributed by atoms with Crippen molar-refractivity contribution in [3.8, 4) is 11.5 Å². The van der Waals surface area contributed by atoms with Gasteiger partial charge in [0.15, 0.2) is 0 Å². The lowest BCUT2D eigenvalue weighted by atomic mass is 10.0. The number of carbonyl (C=O) groups is 2. The summed E-state index contributed by atoms with van der Waals surface area (Å²) in [5, 5.41) is 12.7. The van der Waals surface area contributed by atoms with Gasteiger partial charge in [-0.25, -0.2) is 4.79 Å². The number of hydrogen-bond acceptors (Lipinski definition) is 6. The molecule has 3 atom stereocenters. The normalized spacial score (nSPS) is 23.2. The van der Waals surface area contributed by atoms with Crippen LogP contribution in [0.25, 0.3) is 0 Å². The number of carboxylic acid groups (broad SMARTS) is 1. The van der Waals surface area contributed by atoms with E-state index in [1.54, 1.807) is 24.3 Å². The Morgan fingerprint density at radius 2 is 1.84 bits per heavy atom. The summed E-state index contributed by atoms with van der Waals surface area (Å²) in [6.07, 6.45) is 13.6. The van der Waals surface area contributed by atoms with Crippen LogP contribution in [0.1, 0.15) is 43.0 Å². The number of carbonyl (C=O) groups excluding carboxylic acids is 1. The van der Waals surface area contributed by atoms with Crippen molar-refractivity contribution < 1.29 is 24.2 Å². The quantitative estimate of drug-likeness (QED) is 0.381. The molecule has 2 aromatic rings. The fourth-order valence-corrected chi connectivity index (χ4v) is 6.18. The molecule has 1 fully saturated rings. The third-order valence-electron chi connectivity index (χ3n) is 8.21. The molecule has 43 heavy (non-hydrogen) atoms. The smallest absolute Gasteiger partial charge is 0.339 e. The van der Waals surface area contributed by atoms with Crippen LogP contribution in [0.2, 0.25) is 0 Å². The number of nitrogens with one attached hydrogen (secondary N) is 1. The van der Waals surface area contributed by atoms with Crippen LogP contribution in [0.5, 0.6) is 11.5 Å². The van der Waals surface area contributed by atoms with Gasteiger partial charge in [-0.3, -0.25) is 14.6 Å². The van der Waals surface area contributed by atoms with Gasteiger partial charge in [0.05, 0.1) is 18.8 Å². The average molecular weight is 584 g/mol. The van der Waals surface area contributed by atoms with Crippen LogP contribution in [0.4, 0.5) is 0 Å². The van der Waals surface area contributed by atoms with Crippen molar-refractivity contribution in [1.29, 1.82) is 0 Å². The Balaban J connectivity index is 1.16. The zero-order valence-corrected chi connectivity index (χ0v) is 24.9. The molecule has 1 amide bonds. The van der Waals surface area contributed by atoms with Crippen LogP contribution in [0, 0.1) is 5.92 Å². The second-order valence-electron chi connectivity index (χ2n) is 11.5. The number of likely N-dealkylation sites (tertiary alicyclic amines) is 1. The molecule has 2 aromatic carbocycles. The van der Waals surface area contributed by atoms with Crippen molar-refractivity contribution in [2.24, 2.45) is 5.92 Å². The van der Waals surface area contributed by atoms with E-state index >= 15 is 0 Å². The predicted molar refractivity (Wildman–Crippen MR) is 167 cm³/mol. The Morgan fingerprint density at radius 1 is 1.05 bits per heavy atom. The topological polar surface area (TPSA) is 91.3 Å². The minimum Gasteiger partial charge on any atom is -0.492 e. The van der Waals surface area contributed by atoms with Crippen molar-refractivity contribution >= 4 is 11.9 Å². The molecule has 8 heteroatoms. The number of rotatable bonds is 9. The van der Waals surface area contributed by atoms with Crippen LogP contribution < -0.4 is 14.8 Å². The van der Waals surface area contributed by atoms with E-state index in [9.17, 15) is 14.7 Å². The molecule has 0 spiro atoms. The van der Waals surface area contributed by atoms with Gasteiger partial charge in [0.2, 0.25) is 0 Å². The van der Waals surface area contributed by atoms with E-state index in [4.69, 9.17) is 9.47 Å². The summed E-state index contributed by atoms with van der Waals surface area (Å²) in [6.45, 7) is 5.28. The van der Waals surface area contributed by atoms with E-state index in [1.807, 2.05) is 54.6 Å². The zero-order valence-electron chi connectivity index (χ0n) is 24.9. The molecule has 2 heterocycles. The summed E-state index contributed by atoms with van der Waals surface area (Å²) in [7, 11) is 2.12. The molecular formula is C35H41N3O5. The Kier molecular flexibility index (Phi) is 10.1. The number of benzene rings is 2. The largest absolute Gasteiger partial charge is 0.492 e. The van der Waals surface area contributed by atoms with Crippen LogP contribution in [0.3, 0.4) is 0 Å². The number of allylic oxidation sites excluding steroid dienone is 3. The predicted octanol–water partition coefficient (Wildman–Crippen LogP) is 5.42. The highest BCUT2D eigenvalue weighted by molar-refractivity contribution is 5.97. The molecule has 3 aliphatic rings. The van der Waals surface area contributed by atoms with E-state index in [-0.39, 0.29) is 23.7 Å². The summed E-state index contributed by atoms with van der Waals surface area (Å²) in [5.41, 5.74) is 2.00.